The number of carboxylic acids is 1. The summed E-state index contributed by atoms with van der Waals surface area (Å²) < 4.78 is 1.79. The lowest BCUT2D eigenvalue weighted by Gasteiger charge is -2.13. The van der Waals surface area contributed by atoms with Crippen LogP contribution in [0.3, 0.4) is 0 Å². The Bertz CT molecular complexity index is 695. The molecular weight excluding hydrogens is 306 g/mol. The van der Waals surface area contributed by atoms with Crippen molar-refractivity contribution in [3.8, 4) is 5.69 Å². The summed E-state index contributed by atoms with van der Waals surface area (Å²) in [6.07, 6.45) is 3.65. The molecule has 128 valence electrons. The zero-order valence-corrected chi connectivity index (χ0v) is 14.0. The van der Waals surface area contributed by atoms with E-state index in [9.17, 15) is 9.59 Å². The largest absolute Gasteiger partial charge is 0.481 e. The van der Waals surface area contributed by atoms with Gasteiger partial charge in [-0.15, -0.1) is 0 Å². The Morgan fingerprint density at radius 3 is 2.62 bits per heavy atom. The monoisotopic (exact) mass is 329 g/mol. The third-order valence-corrected chi connectivity index (χ3v) is 3.77. The fourth-order valence-corrected chi connectivity index (χ4v) is 2.55. The minimum Gasteiger partial charge on any atom is -0.481 e. The van der Waals surface area contributed by atoms with Crippen LogP contribution in [0.1, 0.15) is 49.2 Å². The van der Waals surface area contributed by atoms with E-state index in [1.165, 1.54) is 0 Å². The van der Waals surface area contributed by atoms with Crippen LogP contribution in [0.4, 0.5) is 0 Å². The first-order valence-corrected chi connectivity index (χ1v) is 8.18. The minimum absolute atomic E-state index is 0.0343. The van der Waals surface area contributed by atoms with Gasteiger partial charge >= 0.3 is 5.97 Å². The summed E-state index contributed by atoms with van der Waals surface area (Å²) in [7, 11) is 0. The minimum atomic E-state index is -0.861. The van der Waals surface area contributed by atoms with Crippen molar-refractivity contribution in [2.75, 3.05) is 0 Å². The fraction of sp³-hybridized carbons (Fsp3) is 0.389. The molecule has 0 aliphatic rings. The first-order valence-electron chi connectivity index (χ1n) is 8.18. The van der Waals surface area contributed by atoms with Gasteiger partial charge < -0.3 is 10.4 Å². The summed E-state index contributed by atoms with van der Waals surface area (Å²) in [6.45, 7) is 3.86. The van der Waals surface area contributed by atoms with E-state index in [4.69, 9.17) is 5.11 Å². The normalized spacial score (nSPS) is 11.9. The molecule has 2 rings (SSSR count). The quantitative estimate of drug-likeness (QED) is 0.780. The lowest BCUT2D eigenvalue weighted by atomic mass is 10.1. The maximum absolute atomic E-state index is 12.5. The zero-order chi connectivity index (χ0) is 17.5. The van der Waals surface area contributed by atoms with Gasteiger partial charge in [-0.25, -0.2) is 4.68 Å². The summed E-state index contributed by atoms with van der Waals surface area (Å²) >= 11 is 0. The smallest absolute Gasteiger partial charge is 0.303 e. The molecule has 0 saturated heterocycles. The molecule has 1 heterocycles. The number of hydrogen-bond donors (Lipinski definition) is 2. The Labute approximate surface area is 141 Å². The predicted octanol–water partition coefficient (Wildman–Crippen LogP) is 2.81. The first kappa shape index (κ1) is 17.7. The van der Waals surface area contributed by atoms with Crippen LogP contribution in [0.25, 0.3) is 5.69 Å². The Hall–Kier alpha value is -2.63. The van der Waals surface area contributed by atoms with Gasteiger partial charge in [0.05, 0.1) is 23.1 Å². The maximum Gasteiger partial charge on any atom is 0.303 e. The second kappa shape index (κ2) is 8.29. The van der Waals surface area contributed by atoms with Crippen LogP contribution in [0.15, 0.2) is 36.5 Å². The Kier molecular flexibility index (Phi) is 6.12. The van der Waals surface area contributed by atoms with Crippen LogP contribution >= 0.6 is 0 Å². The molecule has 0 fully saturated rings. The van der Waals surface area contributed by atoms with Crippen molar-refractivity contribution in [3.63, 3.8) is 0 Å². The molecule has 1 atom stereocenters. The number of aliphatic carboxylic acids is 1. The van der Waals surface area contributed by atoms with Gasteiger partial charge in [0.15, 0.2) is 0 Å². The molecule has 0 aliphatic carbocycles. The number of carbonyl (C=O) groups is 2. The molecule has 0 spiro atoms. The third-order valence-electron chi connectivity index (χ3n) is 3.77. The lowest BCUT2D eigenvalue weighted by molar-refractivity contribution is -0.137. The number of rotatable bonds is 8. The average molecular weight is 329 g/mol. The van der Waals surface area contributed by atoms with Crippen LogP contribution in [0, 0.1) is 0 Å². The van der Waals surface area contributed by atoms with Crippen molar-refractivity contribution in [2.45, 2.75) is 45.6 Å². The molecule has 0 saturated carbocycles. The van der Waals surface area contributed by atoms with Gasteiger partial charge in [-0.1, -0.05) is 31.5 Å². The average Bonchev–Trinajstić information content (AvgIpc) is 2.98. The highest BCUT2D eigenvalue weighted by Gasteiger charge is 2.19. The number of benzene rings is 1. The van der Waals surface area contributed by atoms with E-state index in [2.05, 4.69) is 17.3 Å². The second-order valence-corrected chi connectivity index (χ2v) is 5.81. The number of hydrogen-bond acceptors (Lipinski definition) is 3. The number of carbonyl (C=O) groups excluding carboxylic acids is 1. The van der Waals surface area contributed by atoms with Gasteiger partial charge in [-0.3, -0.25) is 9.59 Å². The second-order valence-electron chi connectivity index (χ2n) is 5.81. The highest BCUT2D eigenvalue weighted by atomic mass is 16.4. The summed E-state index contributed by atoms with van der Waals surface area (Å²) in [5, 5.41) is 16.0. The van der Waals surface area contributed by atoms with Crippen molar-refractivity contribution in [3.05, 3.63) is 47.8 Å². The number of amides is 1. The van der Waals surface area contributed by atoms with E-state index in [0.717, 1.165) is 24.2 Å². The molecule has 6 nitrogen and oxygen atoms in total. The van der Waals surface area contributed by atoms with E-state index < -0.39 is 5.97 Å². The molecule has 1 amide bonds. The molecule has 1 aromatic carbocycles. The number of nitrogens with zero attached hydrogens (tertiary/aromatic N) is 2. The van der Waals surface area contributed by atoms with E-state index in [-0.39, 0.29) is 18.4 Å². The van der Waals surface area contributed by atoms with Crippen LogP contribution in [-0.2, 0) is 11.2 Å². The van der Waals surface area contributed by atoms with Gasteiger partial charge in [-0.2, -0.15) is 5.10 Å². The highest BCUT2D eigenvalue weighted by molar-refractivity contribution is 5.95. The Morgan fingerprint density at radius 2 is 2.00 bits per heavy atom. The molecule has 6 heteroatoms. The lowest BCUT2D eigenvalue weighted by Crippen LogP contribution is -2.33. The van der Waals surface area contributed by atoms with Gasteiger partial charge in [0.1, 0.15) is 0 Å². The van der Waals surface area contributed by atoms with Crippen molar-refractivity contribution in [1.29, 1.82) is 0 Å². The van der Waals surface area contributed by atoms with Crippen molar-refractivity contribution in [2.24, 2.45) is 0 Å². The highest BCUT2D eigenvalue weighted by Crippen LogP contribution is 2.17. The van der Waals surface area contributed by atoms with Crippen molar-refractivity contribution >= 4 is 11.9 Å². The summed E-state index contributed by atoms with van der Waals surface area (Å²) in [6, 6.07) is 9.49. The van der Waals surface area contributed by atoms with Crippen molar-refractivity contribution < 1.29 is 14.7 Å². The fourth-order valence-electron chi connectivity index (χ4n) is 2.55. The van der Waals surface area contributed by atoms with E-state index in [1.54, 1.807) is 10.9 Å². The zero-order valence-electron chi connectivity index (χ0n) is 14.0. The molecule has 2 aromatic rings. The summed E-state index contributed by atoms with van der Waals surface area (Å²) in [4.78, 5) is 23.2. The SMILES string of the molecule is CCCc1c(C(=O)NC(C)CCC(=O)O)cnn1-c1ccccc1. The summed E-state index contributed by atoms with van der Waals surface area (Å²) in [5.74, 6) is -1.07. The predicted molar refractivity (Wildman–Crippen MR) is 91.4 cm³/mol. The molecular formula is C18H23N3O3. The van der Waals surface area contributed by atoms with Gasteiger partial charge in [0, 0.05) is 12.5 Å². The Morgan fingerprint density at radius 1 is 1.29 bits per heavy atom. The third kappa shape index (κ3) is 4.44. The van der Waals surface area contributed by atoms with Crippen LogP contribution in [-0.4, -0.2) is 32.8 Å². The number of aromatic nitrogens is 2. The molecule has 24 heavy (non-hydrogen) atoms. The van der Waals surface area contributed by atoms with Gasteiger partial charge in [0.25, 0.3) is 5.91 Å². The molecule has 0 aliphatic heterocycles. The molecule has 0 bridgehead atoms. The van der Waals surface area contributed by atoms with Crippen LogP contribution < -0.4 is 5.32 Å². The van der Waals surface area contributed by atoms with E-state index in [0.29, 0.717) is 12.0 Å². The molecule has 2 N–H and O–H groups in total. The topological polar surface area (TPSA) is 84.2 Å². The number of para-hydroxylation sites is 1. The number of carboxylic acid groups (broad SMARTS) is 1. The standard InChI is InChI=1S/C18H23N3O3/c1-3-7-16-15(18(24)20-13(2)10-11-17(22)23)12-19-21(16)14-8-5-4-6-9-14/h4-6,8-9,12-13H,3,7,10-11H2,1-2H3,(H,20,24)(H,22,23). The molecule has 1 aromatic heterocycles. The van der Waals surface area contributed by atoms with Crippen molar-refractivity contribution in [1.82, 2.24) is 15.1 Å². The first-order chi connectivity index (χ1) is 11.5. The molecule has 0 radical (unpaired) electrons. The Balaban J connectivity index is 2.19. The van der Waals surface area contributed by atoms with Gasteiger partial charge in [0.2, 0.25) is 0 Å². The maximum atomic E-state index is 12.5. The van der Waals surface area contributed by atoms with E-state index >= 15 is 0 Å². The number of nitrogens with one attached hydrogen (secondary N) is 1. The van der Waals surface area contributed by atoms with Crippen LogP contribution in [0.2, 0.25) is 0 Å². The van der Waals surface area contributed by atoms with Crippen LogP contribution in [0.5, 0.6) is 0 Å². The summed E-state index contributed by atoms with van der Waals surface area (Å²) in [5.41, 5.74) is 2.33. The van der Waals surface area contributed by atoms with E-state index in [1.807, 2.05) is 37.3 Å². The molecule has 1 unspecified atom stereocenters. The van der Waals surface area contributed by atoms with Gasteiger partial charge in [-0.05, 0) is 31.9 Å².